The number of fused-ring (bicyclic) bond motifs is 1. The number of benzene rings is 2. The number of aromatic nitrogens is 1. The number of nitrogens with zero attached hydrogens (tertiary/aromatic N) is 2. The van der Waals surface area contributed by atoms with Gasteiger partial charge in [-0.25, -0.2) is 12.4 Å². The largest absolute Gasteiger partial charge is 0.573 e. The van der Waals surface area contributed by atoms with Crippen LogP contribution in [0.25, 0.3) is 10.9 Å². The third-order valence-corrected chi connectivity index (χ3v) is 6.42. The molecule has 0 aliphatic carbocycles. The summed E-state index contributed by atoms with van der Waals surface area (Å²) in [5.41, 5.74) is 0.511. The Kier molecular flexibility index (Phi) is 6.21. The number of ether oxygens (including phenoxy) is 1. The SMILES string of the molecule is Cl.O=S(=O)(c1ccc(OC(F)(F)F)cc1)n1c(N2CCNCC2)cc2ccccc21. The van der Waals surface area contributed by atoms with Crippen LogP contribution in [0.1, 0.15) is 0 Å². The number of para-hydroxylation sites is 1. The van der Waals surface area contributed by atoms with Crippen LogP contribution in [0.5, 0.6) is 5.75 Å². The van der Waals surface area contributed by atoms with E-state index in [0.717, 1.165) is 42.7 Å². The molecule has 0 radical (unpaired) electrons. The molecular weight excluding hydrogens is 443 g/mol. The maximum absolute atomic E-state index is 13.4. The summed E-state index contributed by atoms with van der Waals surface area (Å²) in [7, 11) is -4.04. The number of alkyl halides is 3. The van der Waals surface area contributed by atoms with E-state index in [1.807, 2.05) is 23.1 Å². The lowest BCUT2D eigenvalue weighted by Gasteiger charge is -2.30. The lowest BCUT2D eigenvalue weighted by atomic mass is 10.2. The third kappa shape index (κ3) is 4.35. The highest BCUT2D eigenvalue weighted by molar-refractivity contribution is 7.90. The summed E-state index contributed by atoms with van der Waals surface area (Å²) < 4.78 is 69.1. The van der Waals surface area contributed by atoms with E-state index in [9.17, 15) is 21.6 Å². The minimum Gasteiger partial charge on any atom is -0.406 e. The second-order valence-electron chi connectivity index (χ2n) is 6.59. The summed E-state index contributed by atoms with van der Waals surface area (Å²) in [4.78, 5) is 1.86. The van der Waals surface area contributed by atoms with Crippen LogP contribution < -0.4 is 15.0 Å². The third-order valence-electron chi connectivity index (χ3n) is 4.68. The van der Waals surface area contributed by atoms with Crippen molar-refractivity contribution in [1.82, 2.24) is 9.29 Å². The number of hydrogen-bond acceptors (Lipinski definition) is 5. The highest BCUT2D eigenvalue weighted by atomic mass is 35.5. The zero-order valence-corrected chi connectivity index (χ0v) is 17.2. The van der Waals surface area contributed by atoms with Crippen molar-refractivity contribution in [2.45, 2.75) is 11.3 Å². The monoisotopic (exact) mass is 461 g/mol. The standard InChI is InChI=1S/C19H18F3N3O3S.ClH/c20-19(21,22)28-15-5-7-16(8-6-15)29(26,27)25-17-4-2-1-3-14(17)13-18(25)24-11-9-23-10-12-24;/h1-8,13,23H,9-12H2;1H. The van der Waals surface area contributed by atoms with E-state index in [4.69, 9.17) is 0 Å². The summed E-state index contributed by atoms with van der Waals surface area (Å²) in [6.45, 7) is 2.74. The molecule has 1 aliphatic rings. The van der Waals surface area contributed by atoms with Gasteiger partial charge >= 0.3 is 6.36 Å². The Morgan fingerprint density at radius 1 is 0.967 bits per heavy atom. The molecule has 30 heavy (non-hydrogen) atoms. The first kappa shape index (κ1) is 22.3. The minimum atomic E-state index is -4.84. The van der Waals surface area contributed by atoms with E-state index in [0.29, 0.717) is 24.4 Å². The predicted molar refractivity (Wildman–Crippen MR) is 110 cm³/mol. The van der Waals surface area contributed by atoms with Crippen molar-refractivity contribution in [2.24, 2.45) is 0 Å². The molecule has 11 heteroatoms. The Bertz CT molecular complexity index is 1130. The Labute approximate surface area is 177 Å². The Balaban J connectivity index is 0.00000256. The van der Waals surface area contributed by atoms with Gasteiger partial charge in [-0.1, -0.05) is 18.2 Å². The van der Waals surface area contributed by atoms with Crippen LogP contribution in [0.3, 0.4) is 0 Å². The lowest BCUT2D eigenvalue weighted by molar-refractivity contribution is -0.274. The second-order valence-corrected chi connectivity index (χ2v) is 8.37. The average molecular weight is 462 g/mol. The van der Waals surface area contributed by atoms with Gasteiger partial charge in [0, 0.05) is 31.6 Å². The Morgan fingerprint density at radius 2 is 1.60 bits per heavy atom. The van der Waals surface area contributed by atoms with Gasteiger partial charge in [-0.3, -0.25) is 0 Å². The van der Waals surface area contributed by atoms with E-state index in [-0.39, 0.29) is 17.3 Å². The Morgan fingerprint density at radius 3 is 2.23 bits per heavy atom. The maximum Gasteiger partial charge on any atom is 0.573 e. The van der Waals surface area contributed by atoms with Crippen LogP contribution in [0.4, 0.5) is 19.0 Å². The maximum atomic E-state index is 13.4. The van der Waals surface area contributed by atoms with Crippen LogP contribution in [0.2, 0.25) is 0 Å². The smallest absolute Gasteiger partial charge is 0.406 e. The van der Waals surface area contributed by atoms with Gasteiger partial charge < -0.3 is 15.0 Å². The molecule has 1 aliphatic heterocycles. The van der Waals surface area contributed by atoms with Crippen molar-refractivity contribution < 1.29 is 26.3 Å². The summed E-state index contributed by atoms with van der Waals surface area (Å²) in [5.74, 6) is 0.0551. The molecule has 0 atom stereocenters. The quantitative estimate of drug-likeness (QED) is 0.643. The molecule has 1 N–H and O–H groups in total. The minimum absolute atomic E-state index is 0. The molecule has 0 spiro atoms. The van der Waals surface area contributed by atoms with Crippen molar-refractivity contribution in [3.63, 3.8) is 0 Å². The Hall–Kier alpha value is -2.43. The molecule has 1 fully saturated rings. The number of rotatable bonds is 4. The van der Waals surface area contributed by atoms with E-state index >= 15 is 0 Å². The molecule has 6 nitrogen and oxygen atoms in total. The molecule has 1 aromatic heterocycles. The highest BCUT2D eigenvalue weighted by Crippen LogP contribution is 2.32. The molecule has 3 aromatic rings. The van der Waals surface area contributed by atoms with Crippen LogP contribution in [0.15, 0.2) is 59.5 Å². The number of piperazine rings is 1. The van der Waals surface area contributed by atoms with Gasteiger partial charge in [0.15, 0.2) is 0 Å². The molecule has 0 amide bonds. The first-order chi connectivity index (χ1) is 13.8. The fourth-order valence-corrected chi connectivity index (χ4v) is 4.93. The predicted octanol–water partition coefficient (Wildman–Crippen LogP) is 3.61. The second kappa shape index (κ2) is 8.37. The molecule has 0 saturated carbocycles. The number of nitrogens with one attached hydrogen (secondary N) is 1. The first-order valence-corrected chi connectivity index (χ1v) is 10.4. The van der Waals surface area contributed by atoms with Crippen molar-refractivity contribution in [3.05, 3.63) is 54.6 Å². The molecular formula is C19H19ClF3N3O3S. The van der Waals surface area contributed by atoms with E-state index in [2.05, 4.69) is 10.1 Å². The zero-order chi connectivity index (χ0) is 20.6. The lowest BCUT2D eigenvalue weighted by Crippen LogP contribution is -2.44. The van der Waals surface area contributed by atoms with Gasteiger partial charge in [0.2, 0.25) is 0 Å². The van der Waals surface area contributed by atoms with Gasteiger partial charge in [0.25, 0.3) is 10.0 Å². The zero-order valence-electron chi connectivity index (χ0n) is 15.6. The van der Waals surface area contributed by atoms with E-state index < -0.39 is 22.1 Å². The molecule has 2 heterocycles. The summed E-state index contributed by atoms with van der Waals surface area (Å²) in [5, 5.41) is 3.99. The molecule has 0 bridgehead atoms. The fourth-order valence-electron chi connectivity index (χ4n) is 3.40. The average Bonchev–Trinajstić information content (AvgIpc) is 3.08. The highest BCUT2D eigenvalue weighted by Gasteiger charge is 2.31. The molecule has 2 aromatic carbocycles. The van der Waals surface area contributed by atoms with E-state index in [1.54, 1.807) is 12.1 Å². The fraction of sp³-hybridized carbons (Fsp3) is 0.263. The molecule has 1 saturated heterocycles. The van der Waals surface area contributed by atoms with Crippen LogP contribution in [-0.4, -0.2) is 44.9 Å². The summed E-state index contributed by atoms with van der Waals surface area (Å²) in [6, 6.07) is 13.2. The first-order valence-electron chi connectivity index (χ1n) is 8.93. The van der Waals surface area contributed by atoms with Gasteiger partial charge in [-0.2, -0.15) is 0 Å². The summed E-state index contributed by atoms with van der Waals surface area (Å²) in [6.07, 6.45) is -4.84. The number of halogens is 4. The molecule has 4 rings (SSSR count). The van der Waals surface area contributed by atoms with E-state index in [1.165, 1.54) is 3.97 Å². The molecule has 162 valence electrons. The van der Waals surface area contributed by atoms with Gasteiger partial charge in [-0.15, -0.1) is 25.6 Å². The number of anilines is 1. The van der Waals surface area contributed by atoms with Crippen molar-refractivity contribution in [2.75, 3.05) is 31.1 Å². The van der Waals surface area contributed by atoms with Gasteiger partial charge in [0.05, 0.1) is 10.4 Å². The normalized spacial score (nSPS) is 15.1. The van der Waals surface area contributed by atoms with Crippen molar-refractivity contribution in [3.8, 4) is 5.75 Å². The summed E-state index contributed by atoms with van der Waals surface area (Å²) >= 11 is 0. The topological polar surface area (TPSA) is 63.6 Å². The number of hydrogen-bond donors (Lipinski definition) is 1. The van der Waals surface area contributed by atoms with Gasteiger partial charge in [0.1, 0.15) is 11.6 Å². The van der Waals surface area contributed by atoms with Crippen LogP contribution in [0, 0.1) is 0 Å². The van der Waals surface area contributed by atoms with Crippen molar-refractivity contribution in [1.29, 1.82) is 0 Å². The van der Waals surface area contributed by atoms with Crippen LogP contribution in [-0.2, 0) is 10.0 Å². The van der Waals surface area contributed by atoms with Gasteiger partial charge in [-0.05, 0) is 36.4 Å². The van der Waals surface area contributed by atoms with Crippen molar-refractivity contribution >= 4 is 39.2 Å². The molecule has 0 unspecified atom stereocenters. The van der Waals surface area contributed by atoms with Crippen LogP contribution >= 0.6 is 12.4 Å².